The van der Waals surface area contributed by atoms with Crippen LogP contribution in [0, 0.1) is 0 Å². The van der Waals surface area contributed by atoms with Crippen LogP contribution in [0.3, 0.4) is 0 Å². The van der Waals surface area contributed by atoms with E-state index < -0.39 is 0 Å². The van der Waals surface area contributed by atoms with Gasteiger partial charge in [-0.3, -0.25) is 4.79 Å². The Labute approximate surface area is 145 Å². The van der Waals surface area contributed by atoms with Gasteiger partial charge in [0.25, 0.3) is 0 Å². The molecule has 0 amide bonds. The van der Waals surface area contributed by atoms with Crippen LogP contribution in [0.4, 0.5) is 0 Å². The lowest BCUT2D eigenvalue weighted by molar-refractivity contribution is 0.103. The van der Waals surface area contributed by atoms with Crippen molar-refractivity contribution in [2.24, 2.45) is 0 Å². The van der Waals surface area contributed by atoms with E-state index in [-0.39, 0.29) is 12.6 Å². The van der Waals surface area contributed by atoms with Gasteiger partial charge in [-0.1, -0.05) is 30.3 Å². The van der Waals surface area contributed by atoms with Gasteiger partial charge < -0.3 is 14.2 Å². The first-order chi connectivity index (χ1) is 12.3. The minimum Gasteiger partial charge on any atom is -0.497 e. The molecular weight excluding hydrogens is 316 g/mol. The Balaban J connectivity index is 1.74. The van der Waals surface area contributed by atoms with Gasteiger partial charge in [-0.2, -0.15) is 0 Å². The molecule has 0 saturated carbocycles. The highest BCUT2D eigenvalue weighted by Crippen LogP contribution is 2.37. The fraction of sp³-hybridized carbons (Fsp3) is 0.0952. The fourth-order valence-electron chi connectivity index (χ4n) is 2.89. The molecule has 0 saturated heterocycles. The van der Waals surface area contributed by atoms with Crippen LogP contribution in [0.5, 0.6) is 17.2 Å². The van der Waals surface area contributed by atoms with Crippen molar-refractivity contribution >= 4 is 5.78 Å². The van der Waals surface area contributed by atoms with Crippen LogP contribution in [0.15, 0.2) is 66.7 Å². The Kier molecular flexibility index (Phi) is 3.86. The van der Waals surface area contributed by atoms with Crippen LogP contribution in [0.1, 0.15) is 15.9 Å². The minimum atomic E-state index is -0.0316. The summed E-state index contributed by atoms with van der Waals surface area (Å²) < 4.78 is 16.0. The van der Waals surface area contributed by atoms with Crippen LogP contribution in [0.2, 0.25) is 0 Å². The van der Waals surface area contributed by atoms with Crippen molar-refractivity contribution in [3.8, 4) is 28.4 Å². The number of carbonyl (C=O) groups is 1. The SMILES string of the molecule is COc1ccc(C(=O)c2ccccc2-c2ccc3c(c2)OCO3)cc1. The summed E-state index contributed by atoms with van der Waals surface area (Å²) in [5, 5.41) is 0. The van der Waals surface area contributed by atoms with Crippen LogP contribution in [0.25, 0.3) is 11.1 Å². The average Bonchev–Trinajstić information content (AvgIpc) is 3.15. The van der Waals surface area contributed by atoms with E-state index >= 15 is 0 Å². The third-order valence-electron chi connectivity index (χ3n) is 4.21. The maximum absolute atomic E-state index is 13.0. The lowest BCUT2D eigenvalue weighted by Gasteiger charge is -2.10. The molecule has 1 heterocycles. The van der Waals surface area contributed by atoms with Crippen molar-refractivity contribution in [1.29, 1.82) is 0 Å². The number of hydrogen-bond acceptors (Lipinski definition) is 4. The molecule has 0 radical (unpaired) electrons. The minimum absolute atomic E-state index is 0.0316. The van der Waals surface area contributed by atoms with Gasteiger partial charge >= 0.3 is 0 Å². The summed E-state index contributed by atoms with van der Waals surface area (Å²) in [6.07, 6.45) is 0. The molecule has 4 nitrogen and oxygen atoms in total. The second-order valence-corrected chi connectivity index (χ2v) is 5.67. The molecule has 0 aromatic heterocycles. The molecule has 4 heteroatoms. The largest absolute Gasteiger partial charge is 0.497 e. The Bertz CT molecular complexity index is 929. The smallest absolute Gasteiger partial charge is 0.231 e. The first kappa shape index (κ1) is 15.3. The molecule has 0 atom stereocenters. The number of ether oxygens (including phenoxy) is 3. The van der Waals surface area contributed by atoms with Crippen molar-refractivity contribution in [2.75, 3.05) is 13.9 Å². The first-order valence-electron chi connectivity index (χ1n) is 7.94. The molecule has 3 aromatic rings. The number of carbonyl (C=O) groups excluding carboxylic acids is 1. The topological polar surface area (TPSA) is 44.8 Å². The number of benzene rings is 3. The summed E-state index contributed by atoms with van der Waals surface area (Å²) in [4.78, 5) is 13.0. The van der Waals surface area contributed by atoms with Gasteiger partial charge in [0.15, 0.2) is 17.3 Å². The van der Waals surface area contributed by atoms with E-state index in [0.717, 1.165) is 22.6 Å². The number of methoxy groups -OCH3 is 1. The predicted octanol–water partition coefficient (Wildman–Crippen LogP) is 4.32. The summed E-state index contributed by atoms with van der Waals surface area (Å²) >= 11 is 0. The van der Waals surface area contributed by atoms with Crippen molar-refractivity contribution in [3.05, 3.63) is 77.9 Å². The first-order valence-corrected chi connectivity index (χ1v) is 7.94. The maximum atomic E-state index is 13.0. The molecule has 124 valence electrons. The maximum Gasteiger partial charge on any atom is 0.231 e. The standard InChI is InChI=1S/C21H16O4/c1-23-16-9-6-14(7-10-16)21(22)18-5-3-2-4-17(18)15-8-11-19-20(12-15)25-13-24-19/h2-12H,13H2,1H3. The van der Waals surface area contributed by atoms with Gasteiger partial charge in [0.05, 0.1) is 7.11 Å². The second-order valence-electron chi connectivity index (χ2n) is 5.67. The Hall–Kier alpha value is -3.27. The summed E-state index contributed by atoms with van der Waals surface area (Å²) in [6.45, 7) is 0.227. The molecule has 1 aliphatic heterocycles. The van der Waals surface area contributed by atoms with E-state index in [9.17, 15) is 4.79 Å². The highest BCUT2D eigenvalue weighted by molar-refractivity contribution is 6.12. The molecule has 0 N–H and O–H groups in total. The Morgan fingerprint density at radius 3 is 2.48 bits per heavy atom. The van der Waals surface area contributed by atoms with Crippen LogP contribution < -0.4 is 14.2 Å². The zero-order valence-electron chi connectivity index (χ0n) is 13.7. The van der Waals surface area contributed by atoms with E-state index in [0.29, 0.717) is 16.9 Å². The fourth-order valence-corrected chi connectivity index (χ4v) is 2.89. The number of hydrogen-bond donors (Lipinski definition) is 0. The van der Waals surface area contributed by atoms with Crippen molar-refractivity contribution in [2.45, 2.75) is 0 Å². The van der Waals surface area contributed by atoms with Crippen molar-refractivity contribution in [3.63, 3.8) is 0 Å². The highest BCUT2D eigenvalue weighted by Gasteiger charge is 2.18. The molecular formula is C21H16O4. The summed E-state index contributed by atoms with van der Waals surface area (Å²) in [6, 6.07) is 20.4. The Morgan fingerprint density at radius 1 is 0.920 bits per heavy atom. The summed E-state index contributed by atoms with van der Waals surface area (Å²) in [7, 11) is 1.60. The molecule has 0 aliphatic carbocycles. The molecule has 25 heavy (non-hydrogen) atoms. The average molecular weight is 332 g/mol. The van der Waals surface area contributed by atoms with Gasteiger partial charge in [0.2, 0.25) is 6.79 Å². The van der Waals surface area contributed by atoms with Gasteiger partial charge in [0, 0.05) is 11.1 Å². The van der Waals surface area contributed by atoms with Crippen molar-refractivity contribution < 1.29 is 19.0 Å². The summed E-state index contributed by atoms with van der Waals surface area (Å²) in [5.74, 6) is 2.11. The second kappa shape index (κ2) is 6.32. The van der Waals surface area contributed by atoms with Crippen LogP contribution in [-0.4, -0.2) is 19.7 Å². The highest BCUT2D eigenvalue weighted by atomic mass is 16.7. The Morgan fingerprint density at radius 2 is 1.68 bits per heavy atom. The molecule has 0 unspecified atom stereocenters. The van der Waals surface area contributed by atoms with E-state index in [1.54, 1.807) is 31.4 Å². The third kappa shape index (κ3) is 2.83. The zero-order valence-corrected chi connectivity index (χ0v) is 13.7. The molecule has 0 spiro atoms. The third-order valence-corrected chi connectivity index (χ3v) is 4.21. The van der Waals surface area contributed by atoms with E-state index in [4.69, 9.17) is 14.2 Å². The van der Waals surface area contributed by atoms with Gasteiger partial charge in [-0.05, 0) is 47.5 Å². The van der Waals surface area contributed by atoms with Crippen LogP contribution >= 0.6 is 0 Å². The zero-order chi connectivity index (χ0) is 17.2. The van der Waals surface area contributed by atoms with E-state index in [2.05, 4.69) is 0 Å². The lowest BCUT2D eigenvalue weighted by atomic mass is 9.94. The number of ketones is 1. The number of rotatable bonds is 4. The number of fused-ring (bicyclic) bond motifs is 1. The summed E-state index contributed by atoms with van der Waals surface area (Å²) in [5.41, 5.74) is 3.05. The molecule has 0 bridgehead atoms. The van der Waals surface area contributed by atoms with Gasteiger partial charge in [0.1, 0.15) is 5.75 Å². The van der Waals surface area contributed by atoms with Crippen molar-refractivity contribution in [1.82, 2.24) is 0 Å². The van der Waals surface area contributed by atoms with E-state index in [1.165, 1.54) is 0 Å². The molecule has 3 aromatic carbocycles. The quantitative estimate of drug-likeness (QED) is 0.667. The monoisotopic (exact) mass is 332 g/mol. The molecule has 4 rings (SSSR count). The van der Waals surface area contributed by atoms with E-state index in [1.807, 2.05) is 42.5 Å². The lowest BCUT2D eigenvalue weighted by Crippen LogP contribution is -2.03. The van der Waals surface area contributed by atoms with Crippen LogP contribution in [-0.2, 0) is 0 Å². The van der Waals surface area contributed by atoms with Gasteiger partial charge in [-0.15, -0.1) is 0 Å². The normalized spacial score (nSPS) is 12.0. The predicted molar refractivity (Wildman–Crippen MR) is 94.4 cm³/mol. The molecule has 0 fully saturated rings. The van der Waals surface area contributed by atoms with Gasteiger partial charge in [-0.25, -0.2) is 0 Å². The molecule has 1 aliphatic rings.